The number of hydrogen-bond acceptors (Lipinski definition) is 6. The third-order valence-electron chi connectivity index (χ3n) is 10.8. The van der Waals surface area contributed by atoms with Crippen LogP contribution in [0.3, 0.4) is 0 Å². The number of rotatable bonds is 6. The van der Waals surface area contributed by atoms with E-state index in [2.05, 4.69) is 33.5 Å². The summed E-state index contributed by atoms with van der Waals surface area (Å²) in [5.41, 5.74) is 2.80. The van der Waals surface area contributed by atoms with Gasteiger partial charge >= 0.3 is 0 Å². The molecule has 0 bridgehead atoms. The smallest absolute Gasteiger partial charge is 0.281 e. The van der Waals surface area contributed by atoms with Gasteiger partial charge < -0.3 is 20.3 Å². The number of fused-ring (bicyclic) bond motifs is 5. The highest BCUT2D eigenvalue weighted by Gasteiger charge is 2.72. The van der Waals surface area contributed by atoms with Crippen molar-refractivity contribution in [1.82, 2.24) is 25.0 Å². The maximum atomic E-state index is 14.5. The Hall–Kier alpha value is -3.21. The van der Waals surface area contributed by atoms with Gasteiger partial charge in [-0.25, -0.2) is 0 Å². The maximum absolute atomic E-state index is 14.5. The molecule has 3 amide bonds. The van der Waals surface area contributed by atoms with Crippen LogP contribution in [0.15, 0.2) is 30.5 Å². The number of benzene rings is 1. The minimum Gasteiger partial charge on any atom is -0.361 e. The van der Waals surface area contributed by atoms with Gasteiger partial charge in [-0.1, -0.05) is 52.3 Å². The van der Waals surface area contributed by atoms with Crippen molar-refractivity contribution in [2.75, 3.05) is 20.1 Å². The summed E-state index contributed by atoms with van der Waals surface area (Å²) in [6, 6.07) is 4.85. The maximum Gasteiger partial charge on any atom is 0.281 e. The van der Waals surface area contributed by atoms with Crippen LogP contribution in [0, 0.1) is 17.8 Å². The second-order valence-electron chi connectivity index (χ2n) is 13.7. The van der Waals surface area contributed by atoms with E-state index < -0.39 is 41.5 Å². The van der Waals surface area contributed by atoms with Crippen molar-refractivity contribution >= 4 is 34.2 Å². The Bertz CT molecular complexity index is 1530. The molecule has 5 heterocycles. The van der Waals surface area contributed by atoms with Gasteiger partial charge in [0.2, 0.25) is 17.5 Å². The molecule has 43 heavy (non-hydrogen) atoms. The highest BCUT2D eigenvalue weighted by Crippen LogP contribution is 2.48. The van der Waals surface area contributed by atoms with Crippen LogP contribution in [0.5, 0.6) is 0 Å². The SMILES string of the molecule is CCC(C)C[C@@H]1C(=O)N2CCC[C@@H]2[C@@]2(O)O[C@@](NC(=O)[C@H]3C=C4c5cccc6[nH]cc(c56)C[C@@H]4N(C)C3)(C(C)C)C(=O)N12. The van der Waals surface area contributed by atoms with Gasteiger partial charge in [-0.15, -0.1) is 0 Å². The van der Waals surface area contributed by atoms with Crippen LogP contribution in [0.25, 0.3) is 16.5 Å². The number of nitrogens with zero attached hydrogens (tertiary/aromatic N) is 3. The second kappa shape index (κ2) is 9.90. The Balaban J connectivity index is 1.24. The zero-order valence-electron chi connectivity index (χ0n) is 25.7. The van der Waals surface area contributed by atoms with Gasteiger partial charge in [0.15, 0.2) is 0 Å². The van der Waals surface area contributed by atoms with E-state index in [9.17, 15) is 19.5 Å². The average molecular weight is 590 g/mol. The van der Waals surface area contributed by atoms with Crippen LogP contribution < -0.4 is 5.32 Å². The Labute approximate surface area is 252 Å². The van der Waals surface area contributed by atoms with Crippen molar-refractivity contribution in [2.45, 2.75) is 89.6 Å². The third kappa shape index (κ3) is 3.98. The summed E-state index contributed by atoms with van der Waals surface area (Å²) in [6.07, 6.45) is 7.50. The molecule has 7 rings (SSSR count). The fourth-order valence-electron chi connectivity index (χ4n) is 8.20. The van der Waals surface area contributed by atoms with E-state index in [4.69, 9.17) is 4.74 Å². The standard InChI is InChI=1S/C33H43N5O5/c1-6-19(4)13-26-30(40)37-12-8-11-27(37)33(42)38(26)31(41)32(43-33,18(2)3)35-29(39)21-14-23-22-9-7-10-24-28(22)20(16-34-24)15-25(23)36(5)17-21/h7,9-10,14,16,18-19,21,25-27,34,42H,6,8,11-13,15,17H2,1-5H3,(H,35,39)/t19?,21-,25-,26+,27+,32-,33+/m0/s1. The molecule has 10 nitrogen and oxygen atoms in total. The van der Waals surface area contributed by atoms with Crippen LogP contribution in [0.2, 0.25) is 0 Å². The molecule has 0 saturated carbocycles. The highest BCUT2D eigenvalue weighted by molar-refractivity contribution is 6.01. The predicted molar refractivity (Wildman–Crippen MR) is 161 cm³/mol. The lowest BCUT2D eigenvalue weighted by atomic mass is 9.79. The molecule has 10 heteroatoms. The Kier molecular flexibility index (Phi) is 6.58. The minimum atomic E-state index is -2.01. The van der Waals surface area contributed by atoms with Gasteiger partial charge in [0, 0.05) is 42.1 Å². The van der Waals surface area contributed by atoms with Gasteiger partial charge in [-0.2, -0.15) is 0 Å². The molecule has 5 aliphatic rings. The van der Waals surface area contributed by atoms with Crippen LogP contribution in [-0.2, 0) is 25.5 Å². The van der Waals surface area contributed by atoms with Crippen LogP contribution in [-0.4, -0.2) is 92.4 Å². The zero-order valence-corrected chi connectivity index (χ0v) is 25.7. The van der Waals surface area contributed by atoms with Gasteiger partial charge in [0.05, 0.1) is 5.92 Å². The number of likely N-dealkylation sites (N-methyl/N-ethyl adjacent to an activating group) is 1. The minimum absolute atomic E-state index is 0.143. The molecular formula is C33H43N5O5. The van der Waals surface area contributed by atoms with E-state index in [1.807, 2.05) is 46.9 Å². The van der Waals surface area contributed by atoms with Crippen molar-refractivity contribution in [3.8, 4) is 0 Å². The number of aromatic nitrogens is 1. The van der Waals surface area contributed by atoms with E-state index in [0.29, 0.717) is 25.9 Å². The lowest BCUT2D eigenvalue weighted by Crippen LogP contribution is -2.71. The number of piperazine rings is 1. The van der Waals surface area contributed by atoms with Crippen LogP contribution in [0.1, 0.15) is 64.5 Å². The molecule has 3 fully saturated rings. The summed E-state index contributed by atoms with van der Waals surface area (Å²) in [7, 11) is 2.04. The number of hydrogen-bond donors (Lipinski definition) is 3. The van der Waals surface area contributed by atoms with Gasteiger partial charge in [-0.3, -0.25) is 28.9 Å². The first-order valence-electron chi connectivity index (χ1n) is 15.9. The molecule has 0 radical (unpaired) electrons. The monoisotopic (exact) mass is 589 g/mol. The Morgan fingerprint density at radius 1 is 1.26 bits per heavy atom. The number of carbonyl (C=O) groups excluding carboxylic acids is 3. The quantitative estimate of drug-likeness (QED) is 0.477. The predicted octanol–water partition coefficient (Wildman–Crippen LogP) is 2.82. The molecule has 1 aliphatic carbocycles. The molecule has 230 valence electrons. The number of ether oxygens (including phenoxy) is 1. The number of amides is 3. The molecule has 1 unspecified atom stereocenters. The van der Waals surface area contributed by atoms with Gasteiger partial charge in [0.1, 0.15) is 12.1 Å². The Morgan fingerprint density at radius 3 is 2.79 bits per heavy atom. The molecule has 1 aromatic carbocycles. The van der Waals surface area contributed by atoms with Crippen LogP contribution in [0.4, 0.5) is 0 Å². The molecule has 4 aliphatic heterocycles. The molecule has 3 saturated heterocycles. The summed E-state index contributed by atoms with van der Waals surface area (Å²) >= 11 is 0. The molecule has 2 aromatic rings. The van der Waals surface area contributed by atoms with E-state index in [0.717, 1.165) is 35.9 Å². The summed E-state index contributed by atoms with van der Waals surface area (Å²) in [6.45, 7) is 8.73. The summed E-state index contributed by atoms with van der Waals surface area (Å²) in [5.74, 6) is -3.90. The average Bonchev–Trinajstić information content (AvgIpc) is 3.69. The summed E-state index contributed by atoms with van der Waals surface area (Å²) in [4.78, 5) is 51.0. The zero-order chi connectivity index (χ0) is 30.4. The fraction of sp³-hybridized carbons (Fsp3) is 0.606. The van der Waals surface area contributed by atoms with Crippen LogP contribution >= 0.6 is 0 Å². The fourth-order valence-corrected chi connectivity index (χ4v) is 8.20. The first kappa shape index (κ1) is 28.6. The van der Waals surface area contributed by atoms with Crippen molar-refractivity contribution in [3.05, 3.63) is 41.6 Å². The number of carbonyl (C=O) groups is 3. The van der Waals surface area contributed by atoms with Gasteiger partial charge in [-0.05, 0) is 61.4 Å². The number of nitrogens with one attached hydrogen (secondary N) is 2. The first-order chi connectivity index (χ1) is 20.5. The third-order valence-corrected chi connectivity index (χ3v) is 10.8. The second-order valence-corrected chi connectivity index (χ2v) is 13.7. The van der Waals surface area contributed by atoms with E-state index in [1.165, 1.54) is 15.8 Å². The molecule has 3 N–H and O–H groups in total. The number of H-pyrrole nitrogens is 1. The lowest BCUT2D eigenvalue weighted by molar-refractivity contribution is -0.322. The van der Waals surface area contributed by atoms with Crippen molar-refractivity contribution in [3.63, 3.8) is 0 Å². The molecule has 0 spiro atoms. The van der Waals surface area contributed by atoms with E-state index >= 15 is 0 Å². The van der Waals surface area contributed by atoms with Crippen molar-refractivity contribution in [1.29, 1.82) is 0 Å². The largest absolute Gasteiger partial charge is 0.361 e. The molecule has 7 atom stereocenters. The summed E-state index contributed by atoms with van der Waals surface area (Å²) in [5, 5.41) is 16.4. The van der Waals surface area contributed by atoms with Crippen molar-refractivity contribution < 1.29 is 24.2 Å². The lowest BCUT2D eigenvalue weighted by Gasteiger charge is -2.49. The Morgan fingerprint density at radius 2 is 2.05 bits per heavy atom. The first-order valence-corrected chi connectivity index (χ1v) is 15.9. The highest BCUT2D eigenvalue weighted by atomic mass is 16.7. The normalized spacial score (nSPS) is 34.3. The summed E-state index contributed by atoms with van der Waals surface area (Å²) < 4.78 is 6.47. The molecular weight excluding hydrogens is 546 g/mol. The van der Waals surface area contributed by atoms with E-state index in [-0.39, 0.29) is 23.8 Å². The van der Waals surface area contributed by atoms with Gasteiger partial charge in [0.25, 0.3) is 11.8 Å². The molecule has 1 aromatic heterocycles. The van der Waals surface area contributed by atoms with Crippen molar-refractivity contribution in [2.24, 2.45) is 17.8 Å². The van der Waals surface area contributed by atoms with E-state index in [1.54, 1.807) is 4.90 Å². The topological polar surface area (TPSA) is 118 Å². The number of aromatic amines is 1. The number of aliphatic hydroxyl groups is 1.